The molecule has 0 bridgehead atoms. The van der Waals surface area contributed by atoms with Crippen LogP contribution < -0.4 is 9.47 Å². The summed E-state index contributed by atoms with van der Waals surface area (Å²) in [7, 11) is 0. The number of hydrogen-bond donors (Lipinski definition) is 0. The number of nitrogens with zero attached hydrogens (tertiary/aromatic N) is 2. The number of piperidine rings is 1. The Morgan fingerprint density at radius 2 is 1.54 bits per heavy atom. The minimum atomic E-state index is -0.294. The lowest BCUT2D eigenvalue weighted by Crippen LogP contribution is -2.44. The van der Waals surface area contributed by atoms with Crippen LogP contribution in [0.15, 0.2) is 59.4 Å². The number of rotatable bonds is 10. The van der Waals surface area contributed by atoms with Gasteiger partial charge < -0.3 is 19.1 Å². The average molecular weight is 535 g/mol. The SMILES string of the molecule is O=C(OCc1cscn1)N1CCC(CCOc2ccc(Cl)cc2)C(CCOc2ccc(Cl)cc2)C1. The summed E-state index contributed by atoms with van der Waals surface area (Å²) in [6, 6.07) is 14.8. The molecule has 1 fully saturated rings. The molecule has 4 rings (SSSR count). The zero-order valence-corrected chi connectivity index (χ0v) is 21.6. The predicted molar refractivity (Wildman–Crippen MR) is 139 cm³/mol. The number of carbonyl (C=O) groups excluding carboxylic acids is 1. The predicted octanol–water partition coefficient (Wildman–Crippen LogP) is 6.96. The standard InChI is InChI=1S/C26H28Cl2N2O4S/c27-21-1-5-24(6-2-21)32-13-10-19-9-12-30(26(31)34-16-23-17-35-18-29-23)15-20(19)11-14-33-25-7-3-22(28)4-8-25/h1-8,17-20H,9-16H2. The van der Waals surface area contributed by atoms with Gasteiger partial charge in [0.2, 0.25) is 0 Å². The maximum Gasteiger partial charge on any atom is 0.410 e. The van der Waals surface area contributed by atoms with Crippen LogP contribution in [0.4, 0.5) is 4.79 Å². The lowest BCUT2D eigenvalue weighted by atomic mass is 9.81. The fraction of sp³-hybridized carbons (Fsp3) is 0.385. The quantitative estimate of drug-likeness (QED) is 0.281. The minimum Gasteiger partial charge on any atom is -0.494 e. The first-order chi connectivity index (χ1) is 17.1. The highest BCUT2D eigenvalue weighted by Gasteiger charge is 2.32. The van der Waals surface area contributed by atoms with Gasteiger partial charge in [-0.25, -0.2) is 9.78 Å². The lowest BCUT2D eigenvalue weighted by molar-refractivity contribution is 0.0530. The van der Waals surface area contributed by atoms with Crippen LogP contribution in [-0.4, -0.2) is 42.3 Å². The number of carbonyl (C=O) groups is 1. The van der Waals surface area contributed by atoms with E-state index >= 15 is 0 Å². The maximum absolute atomic E-state index is 12.7. The van der Waals surface area contributed by atoms with Gasteiger partial charge in [0.1, 0.15) is 18.1 Å². The molecule has 9 heteroatoms. The molecule has 35 heavy (non-hydrogen) atoms. The van der Waals surface area contributed by atoms with Crippen LogP contribution in [0.5, 0.6) is 11.5 Å². The summed E-state index contributed by atoms with van der Waals surface area (Å²) in [6.07, 6.45) is 2.32. The zero-order valence-electron chi connectivity index (χ0n) is 19.3. The van der Waals surface area contributed by atoms with Crippen LogP contribution in [0, 0.1) is 11.8 Å². The average Bonchev–Trinajstić information content (AvgIpc) is 3.39. The first-order valence-electron chi connectivity index (χ1n) is 11.6. The minimum absolute atomic E-state index is 0.196. The van der Waals surface area contributed by atoms with E-state index in [1.54, 1.807) is 10.4 Å². The molecule has 3 aromatic rings. The third-order valence-corrected chi connectivity index (χ3v) is 7.26. The van der Waals surface area contributed by atoms with Gasteiger partial charge in [0, 0.05) is 28.5 Å². The fourth-order valence-corrected chi connectivity index (χ4v) is 5.00. The number of aromatic nitrogens is 1. The fourth-order valence-electron chi connectivity index (χ4n) is 4.21. The highest BCUT2D eigenvalue weighted by molar-refractivity contribution is 7.07. The maximum atomic E-state index is 12.7. The normalized spacial score (nSPS) is 17.7. The molecule has 0 aliphatic carbocycles. The molecule has 1 saturated heterocycles. The topological polar surface area (TPSA) is 60.9 Å². The second-order valence-electron chi connectivity index (χ2n) is 8.47. The molecule has 2 unspecified atom stereocenters. The van der Waals surface area contributed by atoms with Crippen molar-refractivity contribution in [2.45, 2.75) is 25.9 Å². The van der Waals surface area contributed by atoms with E-state index in [9.17, 15) is 4.79 Å². The third kappa shape index (κ3) is 8.02. The van der Waals surface area contributed by atoms with E-state index in [2.05, 4.69) is 4.98 Å². The van der Waals surface area contributed by atoms with E-state index in [1.807, 2.05) is 53.9 Å². The number of halogens is 2. The van der Waals surface area contributed by atoms with E-state index in [0.29, 0.717) is 42.3 Å². The second kappa shape index (κ2) is 13.0. The van der Waals surface area contributed by atoms with Crippen molar-refractivity contribution in [1.29, 1.82) is 0 Å². The number of hydrogen-bond acceptors (Lipinski definition) is 6. The molecule has 1 aromatic heterocycles. The Morgan fingerprint density at radius 1 is 0.943 bits per heavy atom. The van der Waals surface area contributed by atoms with Crippen LogP contribution in [-0.2, 0) is 11.3 Å². The van der Waals surface area contributed by atoms with Gasteiger partial charge >= 0.3 is 6.09 Å². The molecule has 2 aromatic carbocycles. The second-order valence-corrected chi connectivity index (χ2v) is 10.1. The van der Waals surface area contributed by atoms with Crippen molar-refractivity contribution in [2.24, 2.45) is 11.8 Å². The molecule has 1 aliphatic rings. The molecule has 0 spiro atoms. The van der Waals surface area contributed by atoms with Gasteiger partial charge in [0.15, 0.2) is 0 Å². The van der Waals surface area contributed by atoms with Crippen molar-refractivity contribution in [2.75, 3.05) is 26.3 Å². The van der Waals surface area contributed by atoms with Crippen molar-refractivity contribution in [3.8, 4) is 11.5 Å². The van der Waals surface area contributed by atoms with Crippen molar-refractivity contribution < 1.29 is 19.0 Å². The lowest BCUT2D eigenvalue weighted by Gasteiger charge is -2.38. The Labute approximate surface area is 219 Å². The van der Waals surface area contributed by atoms with Gasteiger partial charge in [-0.15, -0.1) is 11.3 Å². The summed E-state index contributed by atoms with van der Waals surface area (Å²) >= 11 is 13.4. The van der Waals surface area contributed by atoms with Crippen molar-refractivity contribution in [3.05, 3.63) is 75.2 Å². The first kappa shape index (κ1) is 25.6. The van der Waals surface area contributed by atoms with Crippen molar-refractivity contribution in [3.63, 3.8) is 0 Å². The van der Waals surface area contributed by atoms with Gasteiger partial charge in [-0.2, -0.15) is 0 Å². The van der Waals surface area contributed by atoms with Crippen LogP contribution in [0.25, 0.3) is 0 Å². The number of benzene rings is 2. The molecule has 2 heterocycles. The van der Waals surface area contributed by atoms with Gasteiger partial charge in [-0.3, -0.25) is 0 Å². The Kier molecular flexibility index (Phi) is 9.51. The van der Waals surface area contributed by atoms with Gasteiger partial charge in [-0.05, 0) is 79.6 Å². The van der Waals surface area contributed by atoms with E-state index in [0.717, 1.165) is 36.5 Å². The Hall–Kier alpha value is -2.48. The smallest absolute Gasteiger partial charge is 0.410 e. The van der Waals surface area contributed by atoms with Gasteiger partial charge in [0.05, 0.1) is 24.4 Å². The molecular weight excluding hydrogens is 507 g/mol. The van der Waals surface area contributed by atoms with Crippen molar-refractivity contribution in [1.82, 2.24) is 9.88 Å². The van der Waals surface area contributed by atoms with E-state index in [4.69, 9.17) is 37.4 Å². The highest BCUT2D eigenvalue weighted by atomic mass is 35.5. The summed E-state index contributed by atoms with van der Waals surface area (Å²) in [6.45, 7) is 2.65. The van der Waals surface area contributed by atoms with E-state index in [1.165, 1.54) is 11.3 Å². The number of thiazole rings is 1. The van der Waals surface area contributed by atoms with E-state index in [-0.39, 0.29) is 18.6 Å². The summed E-state index contributed by atoms with van der Waals surface area (Å²) in [5, 5.41) is 3.25. The van der Waals surface area contributed by atoms with Crippen LogP contribution in [0.3, 0.4) is 0 Å². The number of likely N-dealkylation sites (tertiary alicyclic amines) is 1. The first-order valence-corrected chi connectivity index (χ1v) is 13.3. The summed E-state index contributed by atoms with van der Waals surface area (Å²) < 4.78 is 17.4. The molecule has 1 aliphatic heterocycles. The summed E-state index contributed by atoms with van der Waals surface area (Å²) in [4.78, 5) is 18.7. The molecule has 0 radical (unpaired) electrons. The molecule has 0 saturated carbocycles. The van der Waals surface area contributed by atoms with Crippen LogP contribution in [0.2, 0.25) is 10.0 Å². The molecule has 0 N–H and O–H groups in total. The Balaban J connectivity index is 1.31. The third-order valence-electron chi connectivity index (χ3n) is 6.12. The summed E-state index contributed by atoms with van der Waals surface area (Å²) in [5.74, 6) is 2.28. The molecule has 6 nitrogen and oxygen atoms in total. The van der Waals surface area contributed by atoms with E-state index < -0.39 is 0 Å². The van der Waals surface area contributed by atoms with Gasteiger partial charge in [-0.1, -0.05) is 23.2 Å². The number of ether oxygens (including phenoxy) is 3. The summed E-state index contributed by atoms with van der Waals surface area (Å²) in [5.41, 5.74) is 2.50. The Morgan fingerprint density at radius 3 is 2.11 bits per heavy atom. The highest BCUT2D eigenvalue weighted by Crippen LogP contribution is 2.30. The van der Waals surface area contributed by atoms with Crippen LogP contribution in [0.1, 0.15) is 25.0 Å². The van der Waals surface area contributed by atoms with Crippen LogP contribution >= 0.6 is 34.5 Å². The molecular formula is C26H28Cl2N2O4S. The van der Waals surface area contributed by atoms with Crippen molar-refractivity contribution >= 4 is 40.6 Å². The Bertz CT molecular complexity index is 1050. The molecule has 186 valence electrons. The molecule has 2 atom stereocenters. The largest absolute Gasteiger partial charge is 0.494 e. The van der Waals surface area contributed by atoms with Gasteiger partial charge in [0.25, 0.3) is 0 Å². The zero-order chi connectivity index (χ0) is 24.5. The monoisotopic (exact) mass is 534 g/mol. The molecule has 1 amide bonds. The number of amides is 1.